The number of aromatic hydroxyl groups is 1. The van der Waals surface area contributed by atoms with Crippen molar-refractivity contribution in [3.8, 4) is 17.2 Å². The molecule has 2 N–H and O–H groups in total. The minimum Gasteiger partial charge on any atom is -0.508 e. The molecule has 1 unspecified atom stereocenters. The lowest BCUT2D eigenvalue weighted by molar-refractivity contribution is -0.119. The van der Waals surface area contributed by atoms with Gasteiger partial charge in [-0.05, 0) is 76.2 Å². The van der Waals surface area contributed by atoms with Crippen molar-refractivity contribution in [2.45, 2.75) is 17.4 Å². The molecule has 1 atom stereocenters. The first kappa shape index (κ1) is 18.8. The van der Waals surface area contributed by atoms with E-state index in [1.807, 2.05) is 37.3 Å². The van der Waals surface area contributed by atoms with Crippen molar-refractivity contribution in [2.24, 2.45) is 0 Å². The SMILES string of the molecule is CC(=O)NC(C)(I)c1ccc2cc(Oc3ccc(O)cc3Cl)ccc2c1. The number of amides is 1. The highest BCUT2D eigenvalue weighted by molar-refractivity contribution is 14.1. The Labute approximate surface area is 170 Å². The van der Waals surface area contributed by atoms with E-state index in [-0.39, 0.29) is 11.7 Å². The van der Waals surface area contributed by atoms with Crippen molar-refractivity contribution in [1.29, 1.82) is 0 Å². The number of nitrogens with one attached hydrogen (secondary N) is 1. The molecule has 0 aromatic heterocycles. The lowest BCUT2D eigenvalue weighted by Crippen LogP contribution is -2.36. The van der Waals surface area contributed by atoms with Crippen molar-refractivity contribution >= 4 is 50.9 Å². The lowest BCUT2D eigenvalue weighted by atomic mass is 10.0. The van der Waals surface area contributed by atoms with Gasteiger partial charge in [0.2, 0.25) is 5.91 Å². The Morgan fingerprint density at radius 1 is 1.12 bits per heavy atom. The maximum Gasteiger partial charge on any atom is 0.218 e. The first-order valence-corrected chi connectivity index (χ1v) is 9.38. The number of halogens is 2. The summed E-state index contributed by atoms with van der Waals surface area (Å²) in [6.07, 6.45) is 0. The van der Waals surface area contributed by atoms with Gasteiger partial charge in [0, 0.05) is 13.0 Å². The van der Waals surface area contributed by atoms with Gasteiger partial charge in [0.05, 0.1) is 5.02 Å². The van der Waals surface area contributed by atoms with Gasteiger partial charge in [-0.3, -0.25) is 4.79 Å². The van der Waals surface area contributed by atoms with Crippen LogP contribution in [0.25, 0.3) is 10.8 Å². The van der Waals surface area contributed by atoms with Crippen molar-refractivity contribution < 1.29 is 14.6 Å². The fourth-order valence-corrected chi connectivity index (χ4v) is 3.61. The number of hydrogen-bond donors (Lipinski definition) is 2. The van der Waals surface area contributed by atoms with E-state index in [4.69, 9.17) is 16.3 Å². The molecule has 0 spiro atoms. The fourth-order valence-electron chi connectivity index (χ4n) is 2.68. The van der Waals surface area contributed by atoms with Crippen LogP contribution in [0.3, 0.4) is 0 Å². The largest absolute Gasteiger partial charge is 0.508 e. The summed E-state index contributed by atoms with van der Waals surface area (Å²) in [6.45, 7) is 3.47. The van der Waals surface area contributed by atoms with E-state index in [1.165, 1.54) is 19.1 Å². The van der Waals surface area contributed by atoms with E-state index in [0.717, 1.165) is 16.3 Å². The van der Waals surface area contributed by atoms with Crippen LogP contribution in [0.1, 0.15) is 19.4 Å². The molecule has 3 aromatic rings. The summed E-state index contributed by atoms with van der Waals surface area (Å²) in [5.74, 6) is 1.15. The van der Waals surface area contributed by atoms with Gasteiger partial charge < -0.3 is 15.2 Å². The summed E-state index contributed by atoms with van der Waals surface area (Å²) in [7, 11) is 0. The van der Waals surface area contributed by atoms with Crippen molar-refractivity contribution in [3.63, 3.8) is 0 Å². The number of phenols is 1. The number of alkyl halides is 1. The van der Waals surface area contributed by atoms with E-state index in [2.05, 4.69) is 34.0 Å². The number of hydrogen-bond acceptors (Lipinski definition) is 3. The molecule has 0 aliphatic rings. The Morgan fingerprint density at radius 3 is 2.50 bits per heavy atom. The van der Waals surface area contributed by atoms with Gasteiger partial charge in [0.25, 0.3) is 0 Å². The predicted molar refractivity (Wildman–Crippen MR) is 112 cm³/mol. The monoisotopic (exact) mass is 481 g/mol. The molecule has 0 aliphatic carbocycles. The number of phenolic OH excluding ortho intramolecular Hbond substituents is 1. The standard InChI is InChI=1S/C20H17ClINO3/c1-12(24)23-20(2,22)15-5-3-14-10-17(7-4-13(14)9-15)26-19-8-6-16(25)11-18(19)21/h3-11,25H,1-2H3,(H,23,24). The molecule has 0 saturated heterocycles. The molecule has 0 heterocycles. The number of rotatable bonds is 4. The second-order valence-corrected chi connectivity index (χ2v) is 8.69. The first-order valence-electron chi connectivity index (χ1n) is 7.93. The van der Waals surface area contributed by atoms with Crippen LogP contribution in [0, 0.1) is 0 Å². The summed E-state index contributed by atoms with van der Waals surface area (Å²) in [5, 5.41) is 14.8. The summed E-state index contributed by atoms with van der Waals surface area (Å²) in [6, 6.07) is 16.4. The summed E-state index contributed by atoms with van der Waals surface area (Å²) < 4.78 is 5.34. The Bertz CT molecular complexity index is 988. The van der Waals surface area contributed by atoms with E-state index in [9.17, 15) is 9.90 Å². The maximum atomic E-state index is 11.4. The number of fused-ring (bicyclic) bond motifs is 1. The van der Waals surface area contributed by atoms with Gasteiger partial charge in [-0.25, -0.2) is 0 Å². The first-order chi connectivity index (χ1) is 12.2. The van der Waals surface area contributed by atoms with Crippen LogP contribution in [0.5, 0.6) is 17.2 Å². The Kier molecular flexibility index (Phi) is 5.29. The summed E-state index contributed by atoms with van der Waals surface area (Å²) in [4.78, 5) is 11.4. The summed E-state index contributed by atoms with van der Waals surface area (Å²) >= 11 is 8.32. The Morgan fingerprint density at radius 2 is 1.81 bits per heavy atom. The molecule has 0 saturated carbocycles. The molecular formula is C20H17ClINO3. The molecule has 1 amide bonds. The molecule has 6 heteroatoms. The summed E-state index contributed by atoms with van der Waals surface area (Å²) in [5.41, 5.74) is 1.01. The van der Waals surface area contributed by atoms with Gasteiger partial charge in [-0.2, -0.15) is 0 Å². The Balaban J connectivity index is 1.90. The van der Waals surface area contributed by atoms with Crippen LogP contribution in [0.2, 0.25) is 5.02 Å². The third-order valence-electron chi connectivity index (χ3n) is 3.91. The molecule has 26 heavy (non-hydrogen) atoms. The van der Waals surface area contributed by atoms with Gasteiger partial charge in [0.15, 0.2) is 0 Å². The lowest BCUT2D eigenvalue weighted by Gasteiger charge is -2.24. The molecule has 0 fully saturated rings. The molecule has 4 nitrogen and oxygen atoms in total. The van der Waals surface area contributed by atoms with Crippen molar-refractivity contribution in [3.05, 3.63) is 65.2 Å². The number of benzene rings is 3. The average molecular weight is 482 g/mol. The topological polar surface area (TPSA) is 58.6 Å². The molecule has 0 radical (unpaired) electrons. The van der Waals surface area contributed by atoms with Crippen LogP contribution < -0.4 is 10.1 Å². The smallest absolute Gasteiger partial charge is 0.218 e. The van der Waals surface area contributed by atoms with Crippen molar-refractivity contribution in [2.75, 3.05) is 0 Å². The molecular weight excluding hydrogens is 465 g/mol. The van der Waals surface area contributed by atoms with Crippen LogP contribution in [0.4, 0.5) is 0 Å². The van der Waals surface area contributed by atoms with Crippen molar-refractivity contribution in [1.82, 2.24) is 5.32 Å². The molecule has 3 aromatic carbocycles. The Hall–Kier alpha value is -1.99. The van der Waals surface area contributed by atoms with E-state index >= 15 is 0 Å². The molecule has 3 rings (SSSR count). The predicted octanol–water partition coefficient (Wildman–Crippen LogP) is 5.73. The number of carbonyl (C=O) groups is 1. The molecule has 134 valence electrons. The van der Waals surface area contributed by atoms with Crippen LogP contribution in [0.15, 0.2) is 54.6 Å². The zero-order chi connectivity index (χ0) is 18.9. The normalized spacial score (nSPS) is 13.2. The van der Waals surface area contributed by atoms with Crippen LogP contribution in [-0.2, 0) is 8.34 Å². The fraction of sp³-hybridized carbons (Fsp3) is 0.150. The van der Waals surface area contributed by atoms with Gasteiger partial charge in [0.1, 0.15) is 20.8 Å². The highest BCUT2D eigenvalue weighted by Gasteiger charge is 2.23. The van der Waals surface area contributed by atoms with E-state index in [1.54, 1.807) is 6.07 Å². The van der Waals surface area contributed by atoms with E-state index < -0.39 is 3.55 Å². The number of ether oxygens (including phenoxy) is 1. The highest BCUT2D eigenvalue weighted by Crippen LogP contribution is 2.35. The van der Waals surface area contributed by atoms with Gasteiger partial charge >= 0.3 is 0 Å². The minimum absolute atomic E-state index is 0.0727. The zero-order valence-corrected chi connectivity index (χ0v) is 17.1. The van der Waals surface area contributed by atoms with E-state index in [0.29, 0.717) is 16.5 Å². The highest BCUT2D eigenvalue weighted by atomic mass is 127. The average Bonchev–Trinajstić information content (AvgIpc) is 2.55. The second kappa shape index (κ2) is 7.32. The molecule has 0 bridgehead atoms. The maximum absolute atomic E-state index is 11.4. The second-order valence-electron chi connectivity index (χ2n) is 6.12. The van der Waals surface area contributed by atoms with Crippen LogP contribution in [-0.4, -0.2) is 11.0 Å². The van der Waals surface area contributed by atoms with Crippen LogP contribution >= 0.6 is 34.2 Å². The molecule has 0 aliphatic heterocycles. The third-order valence-corrected chi connectivity index (χ3v) is 5.10. The minimum atomic E-state index is -0.480. The quantitative estimate of drug-likeness (QED) is 0.284. The van der Waals surface area contributed by atoms with Gasteiger partial charge in [-0.1, -0.05) is 29.8 Å². The zero-order valence-electron chi connectivity index (χ0n) is 14.2. The van der Waals surface area contributed by atoms with Gasteiger partial charge in [-0.15, -0.1) is 0 Å². The third kappa shape index (κ3) is 4.22. The number of carbonyl (C=O) groups excluding carboxylic acids is 1.